The molecular formula is C15H16N2O. The van der Waals surface area contributed by atoms with Gasteiger partial charge in [0.25, 0.3) is 0 Å². The fourth-order valence-electron chi connectivity index (χ4n) is 2.77. The summed E-state index contributed by atoms with van der Waals surface area (Å²) in [5, 5.41) is 0. The van der Waals surface area contributed by atoms with Crippen molar-refractivity contribution in [3.05, 3.63) is 53.6 Å². The van der Waals surface area contributed by atoms with Crippen LogP contribution in [0.15, 0.2) is 36.7 Å². The van der Waals surface area contributed by atoms with Gasteiger partial charge in [-0.15, -0.1) is 0 Å². The number of benzene rings is 1. The van der Waals surface area contributed by atoms with E-state index in [0.717, 1.165) is 25.1 Å². The topological polar surface area (TPSA) is 45.8 Å². The van der Waals surface area contributed by atoms with Crippen molar-refractivity contribution in [3.63, 3.8) is 0 Å². The van der Waals surface area contributed by atoms with Crippen molar-refractivity contribution < 1.29 is 4.79 Å². The highest BCUT2D eigenvalue weighted by molar-refractivity contribution is 5.87. The van der Waals surface area contributed by atoms with Gasteiger partial charge in [0, 0.05) is 18.3 Å². The molecule has 92 valence electrons. The van der Waals surface area contributed by atoms with Crippen molar-refractivity contribution in [2.45, 2.75) is 31.6 Å². The van der Waals surface area contributed by atoms with Crippen LogP contribution < -0.4 is 0 Å². The maximum Gasteiger partial charge on any atom is 0.147 e. The van der Waals surface area contributed by atoms with Gasteiger partial charge in [0.2, 0.25) is 0 Å². The van der Waals surface area contributed by atoms with Gasteiger partial charge in [-0.25, -0.2) is 4.98 Å². The molecule has 1 aliphatic carbocycles. The minimum atomic E-state index is 0.0556. The quantitative estimate of drug-likeness (QED) is 0.896. The fraction of sp³-hybridized carbons (Fsp3) is 0.333. The number of aryl methyl sites for hydroxylation is 1. The molecule has 1 aromatic carbocycles. The minimum Gasteiger partial charge on any atom is -0.348 e. The third-order valence-electron chi connectivity index (χ3n) is 3.65. The number of rotatable bonds is 3. The van der Waals surface area contributed by atoms with Gasteiger partial charge in [0.05, 0.1) is 6.42 Å². The van der Waals surface area contributed by atoms with Crippen LogP contribution in [0, 0.1) is 0 Å². The molecule has 1 N–H and O–H groups in total. The molecule has 1 unspecified atom stereocenters. The number of ketones is 1. The average Bonchev–Trinajstić information content (AvgIpc) is 2.91. The highest BCUT2D eigenvalue weighted by Crippen LogP contribution is 2.32. The SMILES string of the molecule is O=C(Cc1ncc[nH]1)C1CCCc2ccccc21. The van der Waals surface area contributed by atoms with Crippen molar-refractivity contribution in [3.8, 4) is 0 Å². The molecule has 0 radical (unpaired) electrons. The Morgan fingerprint density at radius 3 is 3.11 bits per heavy atom. The van der Waals surface area contributed by atoms with E-state index >= 15 is 0 Å². The molecule has 1 aliphatic rings. The second-order valence-corrected chi connectivity index (χ2v) is 4.82. The lowest BCUT2D eigenvalue weighted by Crippen LogP contribution is -2.20. The number of nitrogens with one attached hydrogen (secondary N) is 1. The number of Topliss-reactive ketones (excluding diaryl/α,β-unsaturated/α-hetero) is 1. The first-order chi connectivity index (χ1) is 8.84. The van der Waals surface area contributed by atoms with E-state index in [0.29, 0.717) is 6.42 Å². The summed E-state index contributed by atoms with van der Waals surface area (Å²) in [6, 6.07) is 8.32. The average molecular weight is 240 g/mol. The van der Waals surface area contributed by atoms with E-state index in [1.54, 1.807) is 12.4 Å². The van der Waals surface area contributed by atoms with Crippen LogP contribution in [0.1, 0.15) is 35.7 Å². The third-order valence-corrected chi connectivity index (χ3v) is 3.65. The van der Waals surface area contributed by atoms with Crippen molar-refractivity contribution in [1.29, 1.82) is 0 Å². The largest absolute Gasteiger partial charge is 0.348 e. The molecule has 1 atom stereocenters. The molecule has 1 aromatic heterocycles. The molecule has 3 rings (SSSR count). The Hall–Kier alpha value is -1.90. The molecule has 0 saturated carbocycles. The molecule has 0 fully saturated rings. The Balaban J connectivity index is 1.83. The summed E-state index contributed by atoms with van der Waals surface area (Å²) in [6.45, 7) is 0. The molecule has 1 heterocycles. The number of hydrogen-bond donors (Lipinski definition) is 1. The Bertz CT molecular complexity index is 545. The van der Waals surface area contributed by atoms with E-state index in [1.165, 1.54) is 11.1 Å². The van der Waals surface area contributed by atoms with Gasteiger partial charge in [-0.2, -0.15) is 0 Å². The van der Waals surface area contributed by atoms with E-state index in [2.05, 4.69) is 28.2 Å². The van der Waals surface area contributed by atoms with E-state index in [1.807, 2.05) is 6.07 Å². The van der Waals surface area contributed by atoms with E-state index in [4.69, 9.17) is 0 Å². The van der Waals surface area contributed by atoms with Gasteiger partial charge in [-0.05, 0) is 30.4 Å². The summed E-state index contributed by atoms with van der Waals surface area (Å²) in [4.78, 5) is 19.5. The smallest absolute Gasteiger partial charge is 0.147 e. The van der Waals surface area contributed by atoms with Crippen LogP contribution in [0.3, 0.4) is 0 Å². The minimum absolute atomic E-state index is 0.0556. The van der Waals surface area contributed by atoms with Crippen LogP contribution >= 0.6 is 0 Å². The van der Waals surface area contributed by atoms with Gasteiger partial charge in [-0.3, -0.25) is 4.79 Å². The first-order valence-electron chi connectivity index (χ1n) is 6.43. The van der Waals surface area contributed by atoms with Crippen LogP contribution in [-0.2, 0) is 17.6 Å². The number of hydrogen-bond acceptors (Lipinski definition) is 2. The number of carbonyl (C=O) groups is 1. The van der Waals surface area contributed by atoms with Gasteiger partial charge >= 0.3 is 0 Å². The monoisotopic (exact) mass is 240 g/mol. The van der Waals surface area contributed by atoms with Crippen LogP contribution in [-0.4, -0.2) is 15.8 Å². The molecule has 3 heteroatoms. The summed E-state index contributed by atoms with van der Waals surface area (Å²) in [5.74, 6) is 1.10. The summed E-state index contributed by atoms with van der Waals surface area (Å²) in [7, 11) is 0. The summed E-state index contributed by atoms with van der Waals surface area (Å²) >= 11 is 0. The zero-order valence-electron chi connectivity index (χ0n) is 10.2. The second kappa shape index (κ2) is 4.77. The molecule has 2 aromatic rings. The lowest BCUT2D eigenvalue weighted by Gasteiger charge is -2.24. The summed E-state index contributed by atoms with van der Waals surface area (Å²) < 4.78 is 0. The first-order valence-corrected chi connectivity index (χ1v) is 6.43. The Morgan fingerprint density at radius 1 is 1.39 bits per heavy atom. The van der Waals surface area contributed by atoms with Gasteiger partial charge < -0.3 is 4.98 Å². The normalized spacial score (nSPS) is 18.3. The predicted molar refractivity (Wildman–Crippen MR) is 69.4 cm³/mol. The highest BCUT2D eigenvalue weighted by Gasteiger charge is 2.26. The van der Waals surface area contributed by atoms with Crippen molar-refractivity contribution in [1.82, 2.24) is 9.97 Å². The number of H-pyrrole nitrogens is 1. The highest BCUT2D eigenvalue weighted by atomic mass is 16.1. The second-order valence-electron chi connectivity index (χ2n) is 4.82. The Labute approximate surface area is 106 Å². The van der Waals surface area contributed by atoms with Crippen molar-refractivity contribution >= 4 is 5.78 Å². The Kier molecular flexibility index (Phi) is 2.97. The maximum atomic E-state index is 12.4. The molecule has 18 heavy (non-hydrogen) atoms. The molecule has 0 saturated heterocycles. The lowest BCUT2D eigenvalue weighted by atomic mass is 9.80. The van der Waals surface area contributed by atoms with Crippen molar-refractivity contribution in [2.24, 2.45) is 0 Å². The Morgan fingerprint density at radius 2 is 2.28 bits per heavy atom. The van der Waals surface area contributed by atoms with Crippen molar-refractivity contribution in [2.75, 3.05) is 0 Å². The van der Waals surface area contributed by atoms with E-state index in [9.17, 15) is 4.79 Å². The van der Waals surface area contributed by atoms with Gasteiger partial charge in [0.1, 0.15) is 11.6 Å². The predicted octanol–water partition coefficient (Wildman–Crippen LogP) is 2.64. The molecule has 3 nitrogen and oxygen atoms in total. The molecule has 0 amide bonds. The number of aromatic amines is 1. The van der Waals surface area contributed by atoms with Gasteiger partial charge in [0.15, 0.2) is 0 Å². The van der Waals surface area contributed by atoms with E-state index in [-0.39, 0.29) is 11.7 Å². The number of carbonyl (C=O) groups excluding carboxylic acids is 1. The van der Waals surface area contributed by atoms with E-state index < -0.39 is 0 Å². The molecule has 0 spiro atoms. The van der Waals surface area contributed by atoms with Crippen LogP contribution in [0.5, 0.6) is 0 Å². The zero-order valence-corrected chi connectivity index (χ0v) is 10.2. The number of imidazole rings is 1. The lowest BCUT2D eigenvalue weighted by molar-refractivity contribution is -0.120. The maximum absolute atomic E-state index is 12.4. The third kappa shape index (κ3) is 2.08. The fourth-order valence-corrected chi connectivity index (χ4v) is 2.77. The first kappa shape index (κ1) is 11.2. The van der Waals surface area contributed by atoms with Crippen LogP contribution in [0.2, 0.25) is 0 Å². The summed E-state index contributed by atoms with van der Waals surface area (Å²) in [6.07, 6.45) is 7.03. The standard InChI is InChI=1S/C15H16N2O/c18-14(10-15-16-8-9-17-15)13-7-3-5-11-4-1-2-6-12(11)13/h1-2,4,6,8-9,13H,3,5,7,10H2,(H,16,17). The molecular weight excluding hydrogens is 224 g/mol. The number of aromatic nitrogens is 2. The molecule has 0 bridgehead atoms. The summed E-state index contributed by atoms with van der Waals surface area (Å²) in [5.41, 5.74) is 2.56. The van der Waals surface area contributed by atoms with Crippen LogP contribution in [0.25, 0.3) is 0 Å². The van der Waals surface area contributed by atoms with Crippen LogP contribution in [0.4, 0.5) is 0 Å². The zero-order chi connectivity index (χ0) is 12.4. The molecule has 0 aliphatic heterocycles. The number of fused-ring (bicyclic) bond motifs is 1. The van der Waals surface area contributed by atoms with Gasteiger partial charge in [-0.1, -0.05) is 24.3 Å². The number of nitrogens with zero attached hydrogens (tertiary/aromatic N) is 1.